The Labute approximate surface area is 114 Å². The molecule has 0 saturated carbocycles. The molecular formula is C13H21BN2O3. The van der Waals surface area contributed by atoms with Gasteiger partial charge in [0, 0.05) is 30.2 Å². The minimum Gasteiger partial charge on any atom is -0.399 e. The molecule has 1 saturated heterocycles. The fraction of sp³-hybridized carbons (Fsp3) is 0.615. The van der Waals surface area contributed by atoms with E-state index in [-0.39, 0.29) is 6.61 Å². The third kappa shape index (κ3) is 2.48. The third-order valence-corrected chi connectivity index (χ3v) is 3.99. The first-order valence-electron chi connectivity index (χ1n) is 6.47. The Morgan fingerprint density at radius 1 is 1.21 bits per heavy atom. The first-order valence-corrected chi connectivity index (χ1v) is 6.47. The lowest BCUT2D eigenvalue weighted by Crippen LogP contribution is -2.41. The standard InChI is InChI=1S/C13H21BN2O3/c1-12(2)13(3,4)19-14(18-12)10-8-16-7-9(5-6-17)11(10)15/h7-8,17H,5-6H2,1-4H3,(H2,15,16). The molecule has 2 heterocycles. The molecule has 0 atom stereocenters. The van der Waals surface area contributed by atoms with Gasteiger partial charge < -0.3 is 20.1 Å². The summed E-state index contributed by atoms with van der Waals surface area (Å²) in [6, 6.07) is 0. The van der Waals surface area contributed by atoms with Crippen LogP contribution in [0, 0.1) is 0 Å². The van der Waals surface area contributed by atoms with Crippen molar-refractivity contribution in [2.45, 2.75) is 45.3 Å². The number of aliphatic hydroxyl groups is 1. The molecule has 19 heavy (non-hydrogen) atoms. The number of pyridine rings is 1. The third-order valence-electron chi connectivity index (χ3n) is 3.99. The lowest BCUT2D eigenvalue weighted by Gasteiger charge is -2.32. The zero-order valence-corrected chi connectivity index (χ0v) is 11.9. The van der Waals surface area contributed by atoms with E-state index in [2.05, 4.69) is 4.98 Å². The van der Waals surface area contributed by atoms with E-state index >= 15 is 0 Å². The van der Waals surface area contributed by atoms with Crippen LogP contribution in [-0.2, 0) is 15.7 Å². The smallest absolute Gasteiger partial charge is 0.399 e. The lowest BCUT2D eigenvalue weighted by molar-refractivity contribution is 0.00578. The first kappa shape index (κ1) is 14.3. The van der Waals surface area contributed by atoms with Gasteiger partial charge >= 0.3 is 7.12 Å². The van der Waals surface area contributed by atoms with Gasteiger partial charge in [-0.15, -0.1) is 0 Å². The van der Waals surface area contributed by atoms with Crippen LogP contribution in [0.5, 0.6) is 0 Å². The fourth-order valence-corrected chi connectivity index (χ4v) is 2.01. The van der Waals surface area contributed by atoms with Gasteiger partial charge in [0.15, 0.2) is 0 Å². The largest absolute Gasteiger partial charge is 0.498 e. The number of aliphatic hydroxyl groups excluding tert-OH is 1. The van der Waals surface area contributed by atoms with E-state index < -0.39 is 18.3 Å². The number of hydrogen-bond donors (Lipinski definition) is 2. The second-order valence-corrected chi connectivity index (χ2v) is 5.86. The van der Waals surface area contributed by atoms with Crippen LogP contribution in [0.3, 0.4) is 0 Å². The van der Waals surface area contributed by atoms with Crippen LogP contribution in [-0.4, -0.2) is 35.0 Å². The average Bonchev–Trinajstić information content (AvgIpc) is 2.51. The van der Waals surface area contributed by atoms with Crippen LogP contribution >= 0.6 is 0 Å². The number of anilines is 1. The SMILES string of the molecule is CC1(C)OB(c2cncc(CCO)c2N)OC1(C)C. The van der Waals surface area contributed by atoms with Crippen molar-refractivity contribution in [3.63, 3.8) is 0 Å². The number of nitrogens with two attached hydrogens (primary N) is 1. The zero-order chi connectivity index (χ0) is 14.3. The molecule has 0 unspecified atom stereocenters. The second kappa shape index (κ2) is 4.78. The molecule has 104 valence electrons. The Kier molecular flexibility index (Phi) is 3.60. The molecule has 0 radical (unpaired) electrons. The number of hydrogen-bond acceptors (Lipinski definition) is 5. The van der Waals surface area contributed by atoms with Crippen molar-refractivity contribution in [1.82, 2.24) is 4.98 Å². The van der Waals surface area contributed by atoms with Crippen molar-refractivity contribution in [2.24, 2.45) is 0 Å². The molecule has 0 aromatic carbocycles. The maximum Gasteiger partial charge on any atom is 0.498 e. The van der Waals surface area contributed by atoms with Gasteiger partial charge in [0.1, 0.15) is 0 Å². The van der Waals surface area contributed by atoms with Crippen LogP contribution < -0.4 is 11.2 Å². The summed E-state index contributed by atoms with van der Waals surface area (Å²) in [5.74, 6) is 0. The normalized spacial score (nSPS) is 20.8. The molecule has 3 N–H and O–H groups in total. The maximum absolute atomic E-state index is 9.02. The van der Waals surface area contributed by atoms with Crippen molar-refractivity contribution in [2.75, 3.05) is 12.3 Å². The lowest BCUT2D eigenvalue weighted by atomic mass is 9.78. The highest BCUT2D eigenvalue weighted by molar-refractivity contribution is 6.63. The summed E-state index contributed by atoms with van der Waals surface area (Å²) in [4.78, 5) is 4.15. The molecule has 5 nitrogen and oxygen atoms in total. The van der Waals surface area contributed by atoms with Crippen molar-refractivity contribution >= 4 is 18.3 Å². The second-order valence-electron chi connectivity index (χ2n) is 5.86. The number of nitrogens with zero attached hydrogens (tertiary/aromatic N) is 1. The Balaban J connectivity index is 2.32. The summed E-state index contributed by atoms with van der Waals surface area (Å²) < 4.78 is 11.9. The number of aromatic nitrogens is 1. The van der Waals surface area contributed by atoms with Crippen molar-refractivity contribution in [3.05, 3.63) is 18.0 Å². The van der Waals surface area contributed by atoms with Gasteiger partial charge in [0.05, 0.1) is 11.2 Å². The Morgan fingerprint density at radius 3 is 2.32 bits per heavy atom. The van der Waals surface area contributed by atoms with E-state index in [0.717, 1.165) is 11.0 Å². The molecular weight excluding hydrogens is 243 g/mol. The van der Waals surface area contributed by atoms with E-state index in [0.29, 0.717) is 12.1 Å². The van der Waals surface area contributed by atoms with Gasteiger partial charge in [0.25, 0.3) is 0 Å². The van der Waals surface area contributed by atoms with Crippen LogP contribution in [0.2, 0.25) is 0 Å². The van der Waals surface area contributed by atoms with E-state index in [9.17, 15) is 0 Å². The molecule has 1 fully saturated rings. The molecule has 1 aliphatic rings. The quantitative estimate of drug-likeness (QED) is 0.777. The number of nitrogen functional groups attached to an aromatic ring is 1. The monoisotopic (exact) mass is 264 g/mol. The average molecular weight is 264 g/mol. The Hall–Kier alpha value is -1.11. The topological polar surface area (TPSA) is 77.6 Å². The summed E-state index contributed by atoms with van der Waals surface area (Å²) in [6.45, 7) is 8.02. The maximum atomic E-state index is 9.02. The highest BCUT2D eigenvalue weighted by Crippen LogP contribution is 2.36. The summed E-state index contributed by atoms with van der Waals surface area (Å²) in [7, 11) is -0.517. The van der Waals surface area contributed by atoms with E-state index in [4.69, 9.17) is 20.1 Å². The highest BCUT2D eigenvalue weighted by Gasteiger charge is 2.52. The van der Waals surface area contributed by atoms with Crippen LogP contribution in [0.1, 0.15) is 33.3 Å². The molecule has 0 spiro atoms. The summed E-state index contributed by atoms with van der Waals surface area (Å²) in [5.41, 5.74) is 7.43. The molecule has 1 aromatic rings. The van der Waals surface area contributed by atoms with Crippen LogP contribution in [0.15, 0.2) is 12.4 Å². The molecule has 0 amide bonds. The van der Waals surface area contributed by atoms with Crippen LogP contribution in [0.4, 0.5) is 5.69 Å². The first-order chi connectivity index (χ1) is 8.78. The van der Waals surface area contributed by atoms with Crippen molar-refractivity contribution in [3.8, 4) is 0 Å². The Bertz CT molecular complexity index is 461. The predicted molar refractivity (Wildman–Crippen MR) is 75.2 cm³/mol. The zero-order valence-electron chi connectivity index (χ0n) is 11.9. The van der Waals surface area contributed by atoms with Gasteiger partial charge in [-0.05, 0) is 39.7 Å². The molecule has 6 heteroatoms. The summed E-state index contributed by atoms with van der Waals surface area (Å²) in [6.07, 6.45) is 3.81. The summed E-state index contributed by atoms with van der Waals surface area (Å²) >= 11 is 0. The molecule has 1 aromatic heterocycles. The minimum atomic E-state index is -0.517. The Morgan fingerprint density at radius 2 is 1.79 bits per heavy atom. The molecule has 0 bridgehead atoms. The predicted octanol–water partition coefficient (Wildman–Crippen LogP) is 0.498. The van der Waals surface area contributed by atoms with E-state index in [1.165, 1.54) is 0 Å². The van der Waals surface area contributed by atoms with E-state index in [1.54, 1.807) is 12.4 Å². The molecule has 0 aliphatic carbocycles. The van der Waals surface area contributed by atoms with Gasteiger partial charge in [0.2, 0.25) is 0 Å². The molecule has 1 aliphatic heterocycles. The van der Waals surface area contributed by atoms with Gasteiger partial charge in [-0.3, -0.25) is 4.98 Å². The molecule has 2 rings (SSSR count). The number of rotatable bonds is 3. The van der Waals surface area contributed by atoms with Gasteiger partial charge in [-0.2, -0.15) is 0 Å². The fourth-order valence-electron chi connectivity index (χ4n) is 2.01. The van der Waals surface area contributed by atoms with E-state index in [1.807, 2.05) is 27.7 Å². The minimum absolute atomic E-state index is 0.0404. The van der Waals surface area contributed by atoms with Gasteiger partial charge in [-0.1, -0.05) is 0 Å². The highest BCUT2D eigenvalue weighted by atomic mass is 16.7. The summed E-state index contributed by atoms with van der Waals surface area (Å²) in [5, 5.41) is 9.02. The van der Waals surface area contributed by atoms with Gasteiger partial charge in [-0.25, -0.2) is 0 Å². The van der Waals surface area contributed by atoms with Crippen molar-refractivity contribution in [1.29, 1.82) is 0 Å². The van der Waals surface area contributed by atoms with Crippen molar-refractivity contribution < 1.29 is 14.4 Å². The van der Waals surface area contributed by atoms with Crippen LogP contribution in [0.25, 0.3) is 0 Å².